The van der Waals surface area contributed by atoms with Crippen molar-refractivity contribution in [2.75, 3.05) is 5.32 Å². The molecular weight excluding hydrogens is 293 g/mol. The molecule has 2 aromatic heterocycles. The minimum Gasteiger partial charge on any atom is -0.381 e. The Morgan fingerprint density at radius 3 is 2.68 bits per heavy atom. The van der Waals surface area contributed by atoms with Crippen molar-refractivity contribution in [1.29, 1.82) is 0 Å². The van der Waals surface area contributed by atoms with Crippen molar-refractivity contribution in [2.24, 2.45) is 0 Å². The largest absolute Gasteiger partial charge is 0.433 e. The topological polar surface area (TPSA) is 50.7 Å². The van der Waals surface area contributed by atoms with E-state index in [9.17, 15) is 13.2 Å². The first-order chi connectivity index (χ1) is 10.4. The van der Waals surface area contributed by atoms with Gasteiger partial charge in [0.25, 0.3) is 0 Å². The van der Waals surface area contributed by atoms with Gasteiger partial charge in [-0.15, -0.1) is 0 Å². The lowest BCUT2D eigenvalue weighted by atomic mass is 9.92. The molecule has 116 valence electrons. The number of alkyl halides is 3. The van der Waals surface area contributed by atoms with Gasteiger partial charge in [-0.3, -0.25) is 0 Å². The summed E-state index contributed by atoms with van der Waals surface area (Å²) in [7, 11) is 0. The van der Waals surface area contributed by atoms with Crippen LogP contribution >= 0.6 is 0 Å². The van der Waals surface area contributed by atoms with Gasteiger partial charge in [0.15, 0.2) is 0 Å². The van der Waals surface area contributed by atoms with E-state index >= 15 is 0 Å². The van der Waals surface area contributed by atoms with Crippen LogP contribution in [0, 0.1) is 6.92 Å². The highest BCUT2D eigenvalue weighted by Crippen LogP contribution is 2.28. The highest BCUT2D eigenvalue weighted by Gasteiger charge is 2.32. The van der Waals surface area contributed by atoms with Gasteiger partial charge in [-0.25, -0.2) is 15.0 Å². The van der Waals surface area contributed by atoms with E-state index < -0.39 is 11.9 Å². The number of aryl methyl sites for hydroxylation is 2. The van der Waals surface area contributed by atoms with E-state index in [0.29, 0.717) is 5.69 Å². The van der Waals surface area contributed by atoms with Crippen LogP contribution in [-0.2, 0) is 19.0 Å². The quantitative estimate of drug-likeness (QED) is 0.926. The van der Waals surface area contributed by atoms with Gasteiger partial charge >= 0.3 is 6.18 Å². The van der Waals surface area contributed by atoms with Crippen molar-refractivity contribution in [3.8, 4) is 0 Å². The van der Waals surface area contributed by atoms with Crippen LogP contribution in [0.4, 0.5) is 18.9 Å². The lowest BCUT2D eigenvalue weighted by Crippen LogP contribution is -2.28. The molecule has 1 unspecified atom stereocenters. The van der Waals surface area contributed by atoms with Gasteiger partial charge in [0.1, 0.15) is 11.5 Å². The molecule has 0 amide bonds. The number of pyridine rings is 1. The zero-order valence-electron chi connectivity index (χ0n) is 12.0. The first-order valence-electron chi connectivity index (χ1n) is 7.03. The Labute approximate surface area is 125 Å². The van der Waals surface area contributed by atoms with Crippen LogP contribution in [0.3, 0.4) is 0 Å². The molecule has 0 saturated heterocycles. The summed E-state index contributed by atoms with van der Waals surface area (Å²) < 4.78 is 37.4. The number of anilines is 1. The van der Waals surface area contributed by atoms with Gasteiger partial charge in [0.05, 0.1) is 11.9 Å². The average molecular weight is 308 g/mol. The number of hydrogen-bond donors (Lipinski definition) is 1. The predicted octanol–water partition coefficient (Wildman–Crippen LogP) is 3.17. The smallest absolute Gasteiger partial charge is 0.381 e. The molecule has 1 atom stereocenters. The number of aromatic nitrogens is 3. The molecule has 1 aliphatic carbocycles. The normalized spacial score (nSPS) is 17.9. The van der Waals surface area contributed by atoms with Crippen molar-refractivity contribution in [3.05, 3.63) is 47.3 Å². The Balaban J connectivity index is 1.68. The maximum Gasteiger partial charge on any atom is 0.433 e. The zero-order valence-corrected chi connectivity index (χ0v) is 12.0. The third kappa shape index (κ3) is 3.18. The molecule has 3 rings (SSSR count). The summed E-state index contributed by atoms with van der Waals surface area (Å²) in [6, 6.07) is 2.56. The fourth-order valence-corrected chi connectivity index (χ4v) is 2.61. The summed E-state index contributed by atoms with van der Waals surface area (Å²) in [6.45, 7) is 1.86. The second kappa shape index (κ2) is 5.55. The summed E-state index contributed by atoms with van der Waals surface area (Å²) in [6.07, 6.45) is 1.13. The molecule has 0 aliphatic heterocycles. The van der Waals surface area contributed by atoms with Gasteiger partial charge in [0.2, 0.25) is 0 Å². The minimum absolute atomic E-state index is 0.150. The number of nitrogens with one attached hydrogen (secondary N) is 1. The number of halogens is 3. The SMILES string of the molecule is Cc1ncc2c(n1)CCC(Nc1ccc(C(F)(F)F)nc1)C2. The molecule has 2 heterocycles. The van der Waals surface area contributed by atoms with Crippen LogP contribution in [0.2, 0.25) is 0 Å². The van der Waals surface area contributed by atoms with Crippen LogP contribution in [0.25, 0.3) is 0 Å². The Morgan fingerprint density at radius 2 is 2.00 bits per heavy atom. The van der Waals surface area contributed by atoms with Gasteiger partial charge < -0.3 is 5.32 Å². The number of fused-ring (bicyclic) bond motifs is 1. The van der Waals surface area contributed by atoms with E-state index in [2.05, 4.69) is 20.3 Å². The van der Waals surface area contributed by atoms with E-state index in [4.69, 9.17) is 0 Å². The Bertz CT molecular complexity index is 667. The molecule has 1 N–H and O–H groups in total. The summed E-state index contributed by atoms with van der Waals surface area (Å²) in [5, 5.41) is 3.23. The lowest BCUT2D eigenvalue weighted by molar-refractivity contribution is -0.141. The molecule has 0 saturated carbocycles. The summed E-state index contributed by atoms with van der Waals surface area (Å²) in [5.41, 5.74) is 1.87. The Morgan fingerprint density at radius 1 is 1.18 bits per heavy atom. The molecule has 7 heteroatoms. The van der Waals surface area contributed by atoms with Crippen molar-refractivity contribution < 1.29 is 13.2 Å². The molecule has 1 aliphatic rings. The monoisotopic (exact) mass is 308 g/mol. The predicted molar refractivity (Wildman–Crippen MR) is 75.4 cm³/mol. The lowest BCUT2D eigenvalue weighted by Gasteiger charge is -2.25. The van der Waals surface area contributed by atoms with E-state index in [0.717, 1.165) is 42.4 Å². The van der Waals surface area contributed by atoms with Crippen LogP contribution in [0.15, 0.2) is 24.5 Å². The van der Waals surface area contributed by atoms with Gasteiger partial charge in [-0.05, 0) is 43.9 Å². The summed E-state index contributed by atoms with van der Waals surface area (Å²) >= 11 is 0. The molecule has 2 aromatic rings. The van der Waals surface area contributed by atoms with Crippen molar-refractivity contribution in [3.63, 3.8) is 0 Å². The second-order valence-electron chi connectivity index (χ2n) is 5.40. The zero-order chi connectivity index (χ0) is 15.7. The maximum atomic E-state index is 12.5. The maximum absolute atomic E-state index is 12.5. The van der Waals surface area contributed by atoms with E-state index in [1.165, 1.54) is 12.3 Å². The second-order valence-corrected chi connectivity index (χ2v) is 5.40. The van der Waals surface area contributed by atoms with Crippen LogP contribution in [0.1, 0.15) is 29.2 Å². The first-order valence-corrected chi connectivity index (χ1v) is 7.03. The van der Waals surface area contributed by atoms with Gasteiger partial charge in [-0.2, -0.15) is 13.2 Å². The Hall–Kier alpha value is -2.18. The van der Waals surface area contributed by atoms with Gasteiger partial charge in [0, 0.05) is 17.9 Å². The fraction of sp³-hybridized carbons (Fsp3) is 0.400. The Kier molecular flexibility index (Phi) is 3.72. The first kappa shape index (κ1) is 14.7. The molecule has 22 heavy (non-hydrogen) atoms. The van der Waals surface area contributed by atoms with Gasteiger partial charge in [-0.1, -0.05) is 0 Å². The van der Waals surface area contributed by atoms with Crippen LogP contribution in [0.5, 0.6) is 0 Å². The van der Waals surface area contributed by atoms with E-state index in [1.807, 2.05) is 13.1 Å². The molecule has 0 bridgehead atoms. The van der Waals surface area contributed by atoms with E-state index in [1.54, 1.807) is 0 Å². The highest BCUT2D eigenvalue weighted by atomic mass is 19.4. The molecule has 0 radical (unpaired) electrons. The fourth-order valence-electron chi connectivity index (χ4n) is 2.61. The van der Waals surface area contributed by atoms with Crippen molar-refractivity contribution in [2.45, 2.75) is 38.4 Å². The average Bonchev–Trinajstić information content (AvgIpc) is 2.47. The third-order valence-electron chi connectivity index (χ3n) is 3.70. The van der Waals surface area contributed by atoms with Crippen LogP contribution < -0.4 is 5.32 Å². The minimum atomic E-state index is -4.41. The molecular formula is C15H15F3N4. The number of rotatable bonds is 2. The van der Waals surface area contributed by atoms with E-state index in [-0.39, 0.29) is 6.04 Å². The summed E-state index contributed by atoms with van der Waals surface area (Å²) in [5.74, 6) is 0.761. The molecule has 0 aromatic carbocycles. The molecule has 0 fully saturated rings. The highest BCUT2D eigenvalue weighted by molar-refractivity contribution is 5.43. The standard InChI is InChI=1S/C15H15F3N4/c1-9-19-7-10-6-11(2-4-13(10)21-9)22-12-3-5-14(20-8-12)15(16,17)18/h3,5,7-8,11,22H,2,4,6H2,1H3. The van der Waals surface area contributed by atoms with Crippen LogP contribution in [-0.4, -0.2) is 21.0 Å². The summed E-state index contributed by atoms with van der Waals surface area (Å²) in [4.78, 5) is 12.1. The molecule has 0 spiro atoms. The van der Waals surface area contributed by atoms with Crippen molar-refractivity contribution in [1.82, 2.24) is 15.0 Å². The number of hydrogen-bond acceptors (Lipinski definition) is 4. The third-order valence-corrected chi connectivity index (χ3v) is 3.70. The molecule has 4 nitrogen and oxygen atoms in total. The number of nitrogens with zero attached hydrogens (tertiary/aromatic N) is 3. The van der Waals surface area contributed by atoms with Crippen molar-refractivity contribution >= 4 is 5.69 Å².